The lowest BCUT2D eigenvalue weighted by Gasteiger charge is -2.30. The molecule has 0 aliphatic carbocycles. The third kappa shape index (κ3) is 4.32. The molecule has 0 bridgehead atoms. The molecule has 0 saturated heterocycles. The molecule has 1 amide bonds. The van der Waals surface area contributed by atoms with Crippen LogP contribution >= 0.6 is 0 Å². The fourth-order valence-electron chi connectivity index (χ4n) is 4.13. The molecule has 1 aromatic heterocycles. The molecule has 3 aromatic carbocycles. The van der Waals surface area contributed by atoms with Crippen LogP contribution in [0.5, 0.6) is 0 Å². The zero-order valence-electron chi connectivity index (χ0n) is 18.8. The van der Waals surface area contributed by atoms with Gasteiger partial charge in [-0.05, 0) is 36.6 Å². The zero-order chi connectivity index (χ0) is 23.5. The fourth-order valence-corrected chi connectivity index (χ4v) is 4.13. The summed E-state index contributed by atoms with van der Waals surface area (Å²) >= 11 is 0. The van der Waals surface area contributed by atoms with E-state index in [1.165, 1.54) is 5.56 Å². The zero-order valence-corrected chi connectivity index (χ0v) is 18.8. The van der Waals surface area contributed by atoms with Gasteiger partial charge >= 0.3 is 5.97 Å². The van der Waals surface area contributed by atoms with Crippen molar-refractivity contribution in [3.63, 3.8) is 0 Å². The Bertz CT molecular complexity index is 1260. The molecule has 34 heavy (non-hydrogen) atoms. The smallest absolute Gasteiger partial charge is 0.379 e. The fraction of sp³-hybridized carbons (Fsp3) is 0.185. The van der Waals surface area contributed by atoms with Crippen LogP contribution in [-0.2, 0) is 22.5 Å². The Balaban J connectivity index is 1.35. The maximum Gasteiger partial charge on any atom is 0.379 e. The van der Waals surface area contributed by atoms with E-state index < -0.39 is 12.1 Å². The highest BCUT2D eigenvalue weighted by atomic mass is 16.5. The Labute approximate surface area is 197 Å². The van der Waals surface area contributed by atoms with Crippen LogP contribution in [0, 0.1) is 0 Å². The number of esters is 1. The molecule has 7 heteroatoms. The minimum absolute atomic E-state index is 0.0913. The van der Waals surface area contributed by atoms with E-state index in [2.05, 4.69) is 16.1 Å². The van der Waals surface area contributed by atoms with Crippen molar-refractivity contribution in [1.29, 1.82) is 0 Å². The van der Waals surface area contributed by atoms with Crippen LogP contribution in [0.3, 0.4) is 0 Å². The molecule has 0 N–H and O–H groups in total. The summed E-state index contributed by atoms with van der Waals surface area (Å²) in [7, 11) is 0. The molecule has 0 spiro atoms. The number of benzene rings is 3. The first-order valence-electron chi connectivity index (χ1n) is 11.2. The first kappa shape index (κ1) is 21.6. The Morgan fingerprint density at radius 2 is 1.53 bits per heavy atom. The van der Waals surface area contributed by atoms with Gasteiger partial charge in [0.15, 0.2) is 11.9 Å². The summed E-state index contributed by atoms with van der Waals surface area (Å²) in [5, 5.41) is 4.42. The largest absolute Gasteiger partial charge is 0.447 e. The van der Waals surface area contributed by atoms with Crippen molar-refractivity contribution in [2.45, 2.75) is 26.0 Å². The number of carbonyl (C=O) groups is 2. The molecule has 170 valence electrons. The van der Waals surface area contributed by atoms with Gasteiger partial charge in [0.2, 0.25) is 0 Å². The van der Waals surface area contributed by atoms with Crippen molar-refractivity contribution in [3.05, 3.63) is 102 Å². The van der Waals surface area contributed by atoms with Crippen LogP contribution in [0.4, 0.5) is 0 Å². The first-order valence-corrected chi connectivity index (χ1v) is 11.2. The van der Waals surface area contributed by atoms with Gasteiger partial charge in [-0.25, -0.2) is 14.5 Å². The quantitative estimate of drug-likeness (QED) is 0.427. The normalized spacial score (nSPS) is 13.7. The molecule has 0 fully saturated rings. The van der Waals surface area contributed by atoms with Gasteiger partial charge in [0, 0.05) is 18.7 Å². The highest BCUT2D eigenvalue weighted by Crippen LogP contribution is 2.22. The van der Waals surface area contributed by atoms with E-state index in [9.17, 15) is 9.59 Å². The number of ether oxygens (including phenoxy) is 1. The average Bonchev–Trinajstić information content (AvgIpc) is 3.35. The van der Waals surface area contributed by atoms with E-state index in [0.717, 1.165) is 23.2 Å². The maximum atomic E-state index is 13.0. The van der Waals surface area contributed by atoms with E-state index in [4.69, 9.17) is 4.74 Å². The second-order valence-corrected chi connectivity index (χ2v) is 8.20. The molecule has 1 atom stereocenters. The number of hydrogen-bond acceptors (Lipinski definition) is 5. The van der Waals surface area contributed by atoms with Gasteiger partial charge in [-0.2, -0.15) is 0 Å². The van der Waals surface area contributed by atoms with Gasteiger partial charge in [0.05, 0.1) is 5.69 Å². The van der Waals surface area contributed by atoms with Gasteiger partial charge < -0.3 is 9.64 Å². The van der Waals surface area contributed by atoms with E-state index in [-0.39, 0.29) is 11.7 Å². The highest BCUT2D eigenvalue weighted by Gasteiger charge is 2.29. The van der Waals surface area contributed by atoms with Crippen LogP contribution in [0.1, 0.15) is 28.7 Å². The van der Waals surface area contributed by atoms with Gasteiger partial charge in [0.25, 0.3) is 11.7 Å². The second kappa shape index (κ2) is 9.31. The SMILES string of the molecule is CC(OC(=O)c1nc(-c2ccccc2)n(-c2ccccc2)n1)C(=O)N1CCc2ccccc2C1. The second-order valence-electron chi connectivity index (χ2n) is 8.20. The number of aromatic nitrogens is 3. The topological polar surface area (TPSA) is 77.3 Å². The molecular weight excluding hydrogens is 428 g/mol. The summed E-state index contributed by atoms with van der Waals surface area (Å²) in [6.07, 6.45) is -0.159. The Morgan fingerprint density at radius 3 is 2.26 bits per heavy atom. The molecule has 0 radical (unpaired) electrons. The predicted octanol–water partition coefficient (Wildman–Crippen LogP) is 4.06. The minimum Gasteiger partial charge on any atom is -0.447 e. The van der Waals surface area contributed by atoms with Crippen molar-refractivity contribution in [2.24, 2.45) is 0 Å². The summed E-state index contributed by atoms with van der Waals surface area (Å²) in [6.45, 7) is 2.69. The number of carbonyl (C=O) groups excluding carboxylic acids is 2. The molecule has 0 saturated carbocycles. The van der Waals surface area contributed by atoms with Crippen molar-refractivity contribution >= 4 is 11.9 Å². The number of para-hydroxylation sites is 1. The number of rotatable bonds is 5. The standard InChI is InChI=1S/C27H24N4O3/c1-19(26(32)30-17-16-20-10-8-9-13-22(20)18-30)34-27(33)24-28-25(21-11-4-2-5-12-21)31(29-24)23-14-6-3-7-15-23/h2-15,19H,16-18H2,1H3. The van der Waals surface area contributed by atoms with Crippen molar-refractivity contribution in [2.75, 3.05) is 6.54 Å². The summed E-state index contributed by atoms with van der Waals surface area (Å²) in [6, 6.07) is 27.0. The third-order valence-electron chi connectivity index (χ3n) is 5.90. The first-order chi connectivity index (χ1) is 16.6. The molecule has 2 heterocycles. The summed E-state index contributed by atoms with van der Waals surface area (Å²) in [5.41, 5.74) is 3.95. The van der Waals surface area contributed by atoms with Crippen molar-refractivity contribution in [1.82, 2.24) is 19.7 Å². The van der Waals surface area contributed by atoms with Crippen LogP contribution < -0.4 is 0 Å². The van der Waals surface area contributed by atoms with Gasteiger partial charge in [-0.3, -0.25) is 4.79 Å². The molecular formula is C27H24N4O3. The minimum atomic E-state index is -0.943. The van der Waals surface area contributed by atoms with Crippen molar-refractivity contribution < 1.29 is 14.3 Å². The maximum absolute atomic E-state index is 13.0. The molecule has 1 aliphatic heterocycles. The summed E-state index contributed by atoms with van der Waals surface area (Å²) in [5.74, 6) is -0.532. The molecule has 1 unspecified atom stereocenters. The lowest BCUT2D eigenvalue weighted by molar-refractivity contribution is -0.140. The van der Waals surface area contributed by atoms with Gasteiger partial charge in [-0.1, -0.05) is 72.8 Å². The molecule has 7 nitrogen and oxygen atoms in total. The van der Waals surface area contributed by atoms with E-state index in [1.54, 1.807) is 16.5 Å². The molecule has 1 aliphatic rings. The summed E-state index contributed by atoms with van der Waals surface area (Å²) in [4.78, 5) is 32.1. The molecule has 4 aromatic rings. The van der Waals surface area contributed by atoms with Crippen molar-refractivity contribution in [3.8, 4) is 17.1 Å². The van der Waals surface area contributed by atoms with Crippen LogP contribution in [0.15, 0.2) is 84.9 Å². The van der Waals surface area contributed by atoms with E-state index in [0.29, 0.717) is 18.9 Å². The lowest BCUT2D eigenvalue weighted by atomic mass is 9.99. The van der Waals surface area contributed by atoms with E-state index >= 15 is 0 Å². The highest BCUT2D eigenvalue weighted by molar-refractivity contribution is 5.90. The van der Waals surface area contributed by atoms with Crippen LogP contribution in [0.2, 0.25) is 0 Å². The summed E-state index contributed by atoms with van der Waals surface area (Å²) < 4.78 is 7.12. The van der Waals surface area contributed by atoms with Crippen LogP contribution in [-0.4, -0.2) is 44.2 Å². The Kier molecular flexibility index (Phi) is 5.91. The van der Waals surface area contributed by atoms with E-state index in [1.807, 2.05) is 78.9 Å². The molecule has 5 rings (SSSR count). The predicted molar refractivity (Wildman–Crippen MR) is 127 cm³/mol. The number of nitrogens with zero attached hydrogens (tertiary/aromatic N) is 4. The lowest BCUT2D eigenvalue weighted by Crippen LogP contribution is -2.42. The monoisotopic (exact) mass is 452 g/mol. The van der Waals surface area contributed by atoms with Crippen LogP contribution in [0.25, 0.3) is 17.1 Å². The number of hydrogen-bond donors (Lipinski definition) is 0. The number of fused-ring (bicyclic) bond motifs is 1. The Morgan fingerprint density at radius 1 is 0.882 bits per heavy atom. The number of amides is 1. The Hall–Kier alpha value is -4.26. The van der Waals surface area contributed by atoms with Gasteiger partial charge in [0.1, 0.15) is 0 Å². The average molecular weight is 453 g/mol. The van der Waals surface area contributed by atoms with Gasteiger partial charge in [-0.15, -0.1) is 5.10 Å². The third-order valence-corrected chi connectivity index (χ3v) is 5.90.